The van der Waals surface area contributed by atoms with E-state index in [0.717, 1.165) is 17.0 Å². The number of rotatable bonds is 7. The van der Waals surface area contributed by atoms with Crippen molar-refractivity contribution in [1.29, 1.82) is 5.26 Å². The Morgan fingerprint density at radius 2 is 1.90 bits per heavy atom. The van der Waals surface area contributed by atoms with Crippen molar-refractivity contribution in [2.24, 2.45) is 0 Å². The average molecular weight is 619 g/mol. The van der Waals surface area contributed by atoms with Crippen molar-refractivity contribution < 1.29 is 31.2 Å². The van der Waals surface area contributed by atoms with E-state index in [9.17, 15) is 36.4 Å². The average Bonchev–Trinajstić information content (AvgIpc) is 3.25. The molecule has 42 heavy (non-hydrogen) atoms. The highest BCUT2D eigenvalue weighted by molar-refractivity contribution is 7.91. The number of hydrogen-bond donors (Lipinski definition) is 2. The number of anilines is 2. The first kappa shape index (κ1) is 29.3. The summed E-state index contributed by atoms with van der Waals surface area (Å²) in [6.45, 7) is -0.461. The summed E-state index contributed by atoms with van der Waals surface area (Å²) in [5.74, 6) is -5.82. The summed E-state index contributed by atoms with van der Waals surface area (Å²) in [4.78, 5) is 33.1. The van der Waals surface area contributed by atoms with Gasteiger partial charge in [0, 0.05) is 47.9 Å². The van der Waals surface area contributed by atoms with Gasteiger partial charge in [-0.15, -0.1) is 0 Å². The molecule has 3 aromatic rings. The lowest BCUT2D eigenvalue weighted by Gasteiger charge is -2.39. The number of amides is 2. The maximum absolute atomic E-state index is 14.5. The molecule has 0 bridgehead atoms. The number of halogens is 4. The third kappa shape index (κ3) is 5.76. The van der Waals surface area contributed by atoms with Gasteiger partial charge in [0.2, 0.25) is 5.91 Å². The summed E-state index contributed by atoms with van der Waals surface area (Å²) in [7, 11) is -4.35. The van der Waals surface area contributed by atoms with Gasteiger partial charge in [0.1, 0.15) is 23.7 Å². The number of carbonyl (C=O) groups excluding carboxylic acids is 2. The standard InChI is InChI=1S/C27H22ClF3N6O4S/c28-21-7-2-1-6-20(21)24(25(38)35-18-12-27(30,31)13-18)36(19-5-3-4-17(29)11-19)26(39)22-15-34-42(40,41)37(22)23-10-16(14-32)8-9-33-23/h1-11,18,22,24,34H,12-13,15H2,(H,35,38)/t22-,24?/m0/s1. The van der Waals surface area contributed by atoms with Crippen LogP contribution in [0.15, 0.2) is 66.9 Å². The minimum atomic E-state index is -4.35. The number of nitrogens with one attached hydrogen (secondary N) is 2. The molecule has 2 fully saturated rings. The summed E-state index contributed by atoms with van der Waals surface area (Å²) in [6.07, 6.45) is -0.0231. The Morgan fingerprint density at radius 1 is 1.17 bits per heavy atom. The molecular weight excluding hydrogens is 597 g/mol. The van der Waals surface area contributed by atoms with Crippen LogP contribution in [0.4, 0.5) is 24.7 Å². The lowest BCUT2D eigenvalue weighted by molar-refractivity contribution is -0.132. The second-order valence-corrected chi connectivity index (χ2v) is 11.8. The zero-order chi connectivity index (χ0) is 30.2. The molecule has 1 saturated carbocycles. The molecule has 1 aliphatic heterocycles. The first-order valence-electron chi connectivity index (χ1n) is 12.6. The third-order valence-corrected chi connectivity index (χ3v) is 8.69. The van der Waals surface area contributed by atoms with E-state index in [1.807, 2.05) is 6.07 Å². The van der Waals surface area contributed by atoms with E-state index >= 15 is 0 Å². The molecule has 15 heteroatoms. The Hall–Kier alpha value is -4.19. The molecule has 5 rings (SSSR count). The Labute approximate surface area is 243 Å². The second-order valence-electron chi connectivity index (χ2n) is 9.76. The van der Waals surface area contributed by atoms with Gasteiger partial charge in [-0.25, -0.2) is 22.5 Å². The summed E-state index contributed by atoms with van der Waals surface area (Å²) in [5, 5.41) is 11.9. The summed E-state index contributed by atoms with van der Waals surface area (Å²) < 4.78 is 70.7. The Morgan fingerprint density at radius 3 is 2.57 bits per heavy atom. The molecule has 1 aromatic heterocycles. The molecule has 218 valence electrons. The Balaban J connectivity index is 1.63. The van der Waals surface area contributed by atoms with Crippen molar-refractivity contribution in [2.45, 2.75) is 36.9 Å². The maximum atomic E-state index is 14.5. The smallest absolute Gasteiger partial charge is 0.303 e. The predicted molar refractivity (Wildman–Crippen MR) is 146 cm³/mol. The van der Waals surface area contributed by atoms with Gasteiger partial charge in [-0.2, -0.15) is 18.4 Å². The van der Waals surface area contributed by atoms with Gasteiger partial charge in [0.25, 0.3) is 11.8 Å². The molecule has 0 radical (unpaired) electrons. The normalized spacial score (nSPS) is 19.8. The van der Waals surface area contributed by atoms with Gasteiger partial charge in [-0.05, 0) is 36.4 Å². The Bertz CT molecular complexity index is 1690. The third-order valence-electron chi connectivity index (χ3n) is 6.85. The highest BCUT2D eigenvalue weighted by Crippen LogP contribution is 2.39. The maximum Gasteiger partial charge on any atom is 0.303 e. The lowest BCUT2D eigenvalue weighted by atomic mass is 9.87. The van der Waals surface area contributed by atoms with Crippen molar-refractivity contribution in [2.75, 3.05) is 15.7 Å². The molecule has 10 nitrogen and oxygen atoms in total. The van der Waals surface area contributed by atoms with Crippen LogP contribution in [0.3, 0.4) is 0 Å². The van der Waals surface area contributed by atoms with Gasteiger partial charge in [-0.3, -0.25) is 14.5 Å². The van der Waals surface area contributed by atoms with Gasteiger partial charge in [-0.1, -0.05) is 35.9 Å². The molecule has 2 heterocycles. The van der Waals surface area contributed by atoms with E-state index in [-0.39, 0.29) is 27.7 Å². The van der Waals surface area contributed by atoms with Crippen LogP contribution in [0.2, 0.25) is 5.02 Å². The molecule has 1 unspecified atom stereocenters. The molecule has 1 saturated heterocycles. The monoisotopic (exact) mass is 618 g/mol. The number of benzene rings is 2. The highest BCUT2D eigenvalue weighted by Gasteiger charge is 2.49. The fraction of sp³-hybridized carbons (Fsp3) is 0.259. The number of nitriles is 1. The molecule has 2 aliphatic rings. The number of alkyl halides is 2. The SMILES string of the molecule is N#Cc1ccnc(N2[C@H](C(=O)N(c3cccc(F)c3)C(C(=O)NC3CC(F)(F)C3)c3ccccc3Cl)CNS2(=O)=O)c1. The van der Waals surface area contributed by atoms with Crippen LogP contribution >= 0.6 is 11.6 Å². The van der Waals surface area contributed by atoms with Gasteiger partial charge in [0.05, 0.1) is 11.6 Å². The number of aromatic nitrogens is 1. The first-order chi connectivity index (χ1) is 19.9. The molecule has 2 atom stereocenters. The number of carbonyl (C=O) groups is 2. The fourth-order valence-corrected chi connectivity index (χ4v) is 6.50. The van der Waals surface area contributed by atoms with E-state index in [0.29, 0.717) is 4.31 Å². The van der Waals surface area contributed by atoms with E-state index in [2.05, 4.69) is 15.0 Å². The molecule has 1 aliphatic carbocycles. The van der Waals surface area contributed by atoms with Gasteiger partial charge >= 0.3 is 10.2 Å². The van der Waals surface area contributed by atoms with E-state index < -0.39 is 71.3 Å². The minimum absolute atomic E-state index is 0.0446. The number of nitrogens with zero attached hydrogens (tertiary/aromatic N) is 4. The van der Waals surface area contributed by atoms with Crippen molar-refractivity contribution in [1.82, 2.24) is 15.0 Å². The van der Waals surface area contributed by atoms with Crippen LogP contribution in [-0.4, -0.2) is 49.8 Å². The predicted octanol–water partition coefficient (Wildman–Crippen LogP) is 3.46. The highest BCUT2D eigenvalue weighted by atomic mass is 35.5. The summed E-state index contributed by atoms with van der Waals surface area (Å²) in [5.41, 5.74) is 0.0354. The van der Waals surface area contributed by atoms with Gasteiger partial charge < -0.3 is 5.32 Å². The van der Waals surface area contributed by atoms with Crippen LogP contribution in [0, 0.1) is 17.1 Å². The quantitative estimate of drug-likeness (QED) is 0.416. The minimum Gasteiger partial charge on any atom is -0.351 e. The van der Waals surface area contributed by atoms with Crippen LogP contribution in [0.1, 0.15) is 30.0 Å². The first-order valence-corrected chi connectivity index (χ1v) is 14.4. The number of hydrogen-bond acceptors (Lipinski definition) is 6. The fourth-order valence-electron chi connectivity index (χ4n) is 4.91. The molecule has 0 spiro atoms. The molecular formula is C27H22ClF3N6O4S. The molecule has 2 aromatic carbocycles. The van der Waals surface area contributed by atoms with Crippen molar-refractivity contribution in [3.05, 3.63) is 88.8 Å². The molecule has 2 amide bonds. The van der Waals surface area contributed by atoms with Crippen LogP contribution in [-0.2, 0) is 19.8 Å². The largest absolute Gasteiger partial charge is 0.351 e. The van der Waals surface area contributed by atoms with Crippen molar-refractivity contribution in [3.8, 4) is 6.07 Å². The van der Waals surface area contributed by atoms with Crippen LogP contribution in [0.25, 0.3) is 0 Å². The topological polar surface area (TPSA) is 136 Å². The van der Waals surface area contributed by atoms with Crippen LogP contribution < -0.4 is 19.2 Å². The van der Waals surface area contributed by atoms with Crippen LogP contribution in [0.5, 0.6) is 0 Å². The molecule has 2 N–H and O–H groups in total. The zero-order valence-electron chi connectivity index (χ0n) is 21.5. The van der Waals surface area contributed by atoms with Crippen molar-refractivity contribution >= 4 is 45.1 Å². The van der Waals surface area contributed by atoms with E-state index in [1.165, 1.54) is 42.6 Å². The van der Waals surface area contributed by atoms with Crippen molar-refractivity contribution in [3.63, 3.8) is 0 Å². The summed E-state index contributed by atoms with van der Waals surface area (Å²) >= 11 is 6.45. The lowest BCUT2D eigenvalue weighted by Crippen LogP contribution is -2.56. The summed E-state index contributed by atoms with van der Waals surface area (Å²) in [6, 6.07) is 11.0. The zero-order valence-corrected chi connectivity index (χ0v) is 23.1. The number of pyridine rings is 1. The second kappa shape index (κ2) is 11.2. The van der Waals surface area contributed by atoms with E-state index in [4.69, 9.17) is 11.6 Å². The van der Waals surface area contributed by atoms with E-state index in [1.54, 1.807) is 12.1 Å². The Kier molecular flexibility index (Phi) is 7.84. The van der Waals surface area contributed by atoms with Gasteiger partial charge in [0.15, 0.2) is 0 Å².